The maximum absolute atomic E-state index is 5.19. The Morgan fingerprint density at radius 2 is 1.25 bits per heavy atom. The molecule has 2 heteroatoms. The summed E-state index contributed by atoms with van der Waals surface area (Å²) in [6, 6.07) is 46.1. The molecule has 2 heterocycles. The zero-order valence-electron chi connectivity index (χ0n) is 24.2. The fourth-order valence-corrected chi connectivity index (χ4v) is 6.88. The minimum atomic E-state index is 0.958. The van der Waals surface area contributed by atoms with Crippen molar-refractivity contribution in [3.05, 3.63) is 151 Å². The smallest absolute Gasteiger partial charge is 0.0723 e. The van der Waals surface area contributed by atoms with E-state index in [1.807, 2.05) is 6.20 Å². The van der Waals surface area contributed by atoms with Gasteiger partial charge in [-0.3, -0.25) is 4.98 Å². The zero-order chi connectivity index (χ0) is 29.0. The molecule has 0 saturated carbocycles. The molecule has 0 bridgehead atoms. The van der Waals surface area contributed by atoms with Crippen LogP contribution >= 0.6 is 0 Å². The Bertz CT molecular complexity index is 2450. The number of rotatable bonds is 3. The van der Waals surface area contributed by atoms with Crippen LogP contribution in [0.5, 0.6) is 0 Å². The first-order valence-corrected chi connectivity index (χ1v) is 15.3. The molecule has 0 unspecified atom stereocenters. The highest BCUT2D eigenvalue weighted by molar-refractivity contribution is 6.19. The van der Waals surface area contributed by atoms with Gasteiger partial charge >= 0.3 is 0 Å². The van der Waals surface area contributed by atoms with Crippen molar-refractivity contribution in [2.24, 2.45) is 0 Å². The molecule has 2 nitrogen and oxygen atoms in total. The first kappa shape index (κ1) is 24.9. The van der Waals surface area contributed by atoms with E-state index in [0.29, 0.717) is 0 Å². The Labute approximate surface area is 256 Å². The Balaban J connectivity index is 1.32. The third kappa shape index (κ3) is 4.11. The SMILES string of the molecule is C1=Cc2cc(-c3ccnc(-c4c5cc(-c6ccc7ccccc7c6)ccc5nc5ccc6ccccc6c45)c3)ccc2CC1. The highest BCUT2D eigenvalue weighted by atomic mass is 14.7. The fraction of sp³-hybridized carbons (Fsp3) is 0.0476. The van der Waals surface area contributed by atoms with Gasteiger partial charge < -0.3 is 0 Å². The fourth-order valence-electron chi connectivity index (χ4n) is 6.88. The van der Waals surface area contributed by atoms with E-state index in [9.17, 15) is 0 Å². The predicted molar refractivity (Wildman–Crippen MR) is 186 cm³/mol. The Hall–Kier alpha value is -5.60. The molecule has 0 amide bonds. The van der Waals surface area contributed by atoms with Crippen LogP contribution in [-0.4, -0.2) is 9.97 Å². The van der Waals surface area contributed by atoms with Gasteiger partial charge in [0.05, 0.1) is 16.7 Å². The maximum atomic E-state index is 5.19. The molecule has 1 aliphatic carbocycles. The quantitative estimate of drug-likeness (QED) is 0.159. The molecule has 6 aromatic carbocycles. The van der Waals surface area contributed by atoms with Crippen molar-refractivity contribution < 1.29 is 0 Å². The first-order chi connectivity index (χ1) is 21.8. The topological polar surface area (TPSA) is 25.8 Å². The number of benzene rings is 6. The highest BCUT2D eigenvalue weighted by Gasteiger charge is 2.17. The summed E-state index contributed by atoms with van der Waals surface area (Å²) in [6.07, 6.45) is 8.71. The minimum absolute atomic E-state index is 0.958. The van der Waals surface area contributed by atoms with E-state index in [4.69, 9.17) is 9.97 Å². The molecule has 0 radical (unpaired) electrons. The van der Waals surface area contributed by atoms with E-state index in [0.717, 1.165) is 45.9 Å². The van der Waals surface area contributed by atoms with Crippen LogP contribution in [-0.2, 0) is 6.42 Å². The molecule has 8 aromatic rings. The number of aryl methyl sites for hydroxylation is 1. The normalized spacial score (nSPS) is 12.7. The second-order valence-electron chi connectivity index (χ2n) is 11.7. The molecule has 0 spiro atoms. The molecule has 9 rings (SSSR count). The lowest BCUT2D eigenvalue weighted by Crippen LogP contribution is -1.95. The van der Waals surface area contributed by atoms with Gasteiger partial charge in [0.2, 0.25) is 0 Å². The number of aromatic nitrogens is 2. The average molecular weight is 561 g/mol. The lowest BCUT2D eigenvalue weighted by molar-refractivity contribution is 0.986. The van der Waals surface area contributed by atoms with Crippen molar-refractivity contribution in [1.29, 1.82) is 0 Å². The maximum Gasteiger partial charge on any atom is 0.0723 e. The third-order valence-corrected chi connectivity index (χ3v) is 9.12. The minimum Gasteiger partial charge on any atom is -0.256 e. The molecule has 44 heavy (non-hydrogen) atoms. The van der Waals surface area contributed by atoms with Gasteiger partial charge in [0.15, 0.2) is 0 Å². The molecule has 206 valence electrons. The summed E-state index contributed by atoms with van der Waals surface area (Å²) < 4.78 is 0. The van der Waals surface area contributed by atoms with Gasteiger partial charge in [0.25, 0.3) is 0 Å². The summed E-state index contributed by atoms with van der Waals surface area (Å²) in [5.74, 6) is 0. The van der Waals surface area contributed by atoms with Crippen LogP contribution in [0.1, 0.15) is 17.5 Å². The van der Waals surface area contributed by atoms with Gasteiger partial charge in [-0.2, -0.15) is 0 Å². The Kier molecular flexibility index (Phi) is 5.67. The molecule has 2 aromatic heterocycles. The molecule has 0 saturated heterocycles. The van der Waals surface area contributed by atoms with Crippen molar-refractivity contribution in [2.45, 2.75) is 12.8 Å². The van der Waals surface area contributed by atoms with Crippen molar-refractivity contribution in [3.63, 3.8) is 0 Å². The van der Waals surface area contributed by atoms with Crippen molar-refractivity contribution in [2.75, 3.05) is 0 Å². The highest BCUT2D eigenvalue weighted by Crippen LogP contribution is 2.40. The zero-order valence-corrected chi connectivity index (χ0v) is 24.2. The number of hydrogen-bond acceptors (Lipinski definition) is 2. The lowest BCUT2D eigenvalue weighted by Gasteiger charge is -2.16. The van der Waals surface area contributed by atoms with Gasteiger partial charge in [-0.25, -0.2) is 4.98 Å². The number of pyridine rings is 2. The molecule has 0 atom stereocenters. The van der Waals surface area contributed by atoms with Gasteiger partial charge in [-0.15, -0.1) is 0 Å². The number of nitrogens with zero attached hydrogens (tertiary/aromatic N) is 2. The van der Waals surface area contributed by atoms with Gasteiger partial charge in [-0.05, 0) is 110 Å². The largest absolute Gasteiger partial charge is 0.256 e. The van der Waals surface area contributed by atoms with E-state index in [2.05, 4.69) is 140 Å². The predicted octanol–water partition coefficient (Wildman–Crippen LogP) is 11.0. The molecule has 0 aliphatic heterocycles. The molecular formula is C42H28N2. The number of fused-ring (bicyclic) bond motifs is 6. The molecule has 0 fully saturated rings. The number of hydrogen-bond donors (Lipinski definition) is 0. The third-order valence-electron chi connectivity index (χ3n) is 9.12. The Morgan fingerprint density at radius 1 is 0.523 bits per heavy atom. The first-order valence-electron chi connectivity index (χ1n) is 15.3. The summed E-state index contributed by atoms with van der Waals surface area (Å²) in [6.45, 7) is 0. The van der Waals surface area contributed by atoms with E-state index in [1.54, 1.807) is 0 Å². The molecule has 1 aliphatic rings. The van der Waals surface area contributed by atoms with Crippen molar-refractivity contribution >= 4 is 49.4 Å². The van der Waals surface area contributed by atoms with E-state index < -0.39 is 0 Å². The monoisotopic (exact) mass is 560 g/mol. The Morgan fingerprint density at radius 3 is 2.20 bits per heavy atom. The van der Waals surface area contributed by atoms with Crippen LogP contribution in [0.3, 0.4) is 0 Å². The van der Waals surface area contributed by atoms with Crippen LogP contribution in [0, 0.1) is 0 Å². The second kappa shape index (κ2) is 10.00. The van der Waals surface area contributed by atoms with Crippen LogP contribution in [0.25, 0.3) is 82.9 Å². The van der Waals surface area contributed by atoms with Crippen LogP contribution in [0.15, 0.2) is 140 Å². The van der Waals surface area contributed by atoms with Crippen molar-refractivity contribution in [3.8, 4) is 33.5 Å². The second-order valence-corrected chi connectivity index (χ2v) is 11.7. The van der Waals surface area contributed by atoms with E-state index in [-0.39, 0.29) is 0 Å². The van der Waals surface area contributed by atoms with Gasteiger partial charge in [0, 0.05) is 22.5 Å². The standard InChI is InChI=1S/C42H28N2/c1-3-10-30-23-32(15-13-27(30)7-1)34-18-19-38-37(25-34)42(41-36-12-6-5-9-29(36)17-20-39(41)44-38)40-26-35(21-22-43-40)33-16-14-28-8-2-4-11-31(28)24-33/h1,3-7,9-26H,2,8H2. The van der Waals surface area contributed by atoms with Crippen LogP contribution in [0.2, 0.25) is 0 Å². The summed E-state index contributed by atoms with van der Waals surface area (Å²) in [7, 11) is 0. The number of allylic oxidation sites excluding steroid dienone is 1. The van der Waals surface area contributed by atoms with E-state index >= 15 is 0 Å². The molecule has 0 N–H and O–H groups in total. The van der Waals surface area contributed by atoms with Gasteiger partial charge in [-0.1, -0.05) is 97.1 Å². The summed E-state index contributed by atoms with van der Waals surface area (Å²) >= 11 is 0. The van der Waals surface area contributed by atoms with Crippen LogP contribution < -0.4 is 0 Å². The van der Waals surface area contributed by atoms with E-state index in [1.165, 1.54) is 54.9 Å². The summed E-state index contributed by atoms with van der Waals surface area (Å²) in [4.78, 5) is 10.2. The van der Waals surface area contributed by atoms with Crippen molar-refractivity contribution in [1.82, 2.24) is 9.97 Å². The average Bonchev–Trinajstić information content (AvgIpc) is 3.10. The van der Waals surface area contributed by atoms with Crippen LogP contribution in [0.4, 0.5) is 0 Å². The summed E-state index contributed by atoms with van der Waals surface area (Å²) in [5, 5.41) is 7.13. The van der Waals surface area contributed by atoms with Gasteiger partial charge in [0.1, 0.15) is 0 Å². The lowest BCUT2D eigenvalue weighted by atomic mass is 9.91. The molecular weight excluding hydrogens is 532 g/mol. The summed E-state index contributed by atoms with van der Waals surface area (Å²) in [5.41, 5.74) is 11.5.